The summed E-state index contributed by atoms with van der Waals surface area (Å²) in [6.07, 6.45) is -0.159. The van der Waals surface area contributed by atoms with Gasteiger partial charge in [-0.1, -0.05) is 0 Å². The molecule has 20 heavy (non-hydrogen) atoms. The highest BCUT2D eigenvalue weighted by Gasteiger charge is 2.13. The lowest BCUT2D eigenvalue weighted by Crippen LogP contribution is -2.03. The van der Waals surface area contributed by atoms with Crippen molar-refractivity contribution in [2.75, 3.05) is 14.2 Å². The van der Waals surface area contributed by atoms with Crippen LogP contribution >= 0.6 is 22.9 Å². The second-order valence-corrected chi connectivity index (χ2v) is 5.28. The van der Waals surface area contributed by atoms with E-state index in [0.29, 0.717) is 23.1 Å². The van der Waals surface area contributed by atoms with Gasteiger partial charge in [0.2, 0.25) is 0 Å². The van der Waals surface area contributed by atoms with E-state index in [0.717, 1.165) is 10.7 Å². The van der Waals surface area contributed by atoms with Gasteiger partial charge in [0.25, 0.3) is 0 Å². The maximum atomic E-state index is 5.89. The number of ether oxygens (including phenoxy) is 3. The summed E-state index contributed by atoms with van der Waals surface area (Å²) in [5.41, 5.74) is 0.866. The minimum absolute atomic E-state index is 0.159. The molecular formula is C14H16ClNO3S. The lowest BCUT2D eigenvalue weighted by molar-refractivity contribution is 0.224. The number of halogens is 1. The molecule has 1 aromatic heterocycles. The first kappa shape index (κ1) is 14.9. The Kier molecular flexibility index (Phi) is 5.09. The number of nitrogens with zero attached hydrogens (tertiary/aromatic N) is 1. The normalized spacial score (nSPS) is 12.0. The van der Waals surface area contributed by atoms with E-state index in [1.54, 1.807) is 20.3 Å². The molecule has 1 unspecified atom stereocenters. The van der Waals surface area contributed by atoms with E-state index in [2.05, 4.69) is 4.98 Å². The van der Waals surface area contributed by atoms with E-state index < -0.39 is 0 Å². The lowest BCUT2D eigenvalue weighted by Gasteiger charge is -2.14. The molecule has 2 rings (SSSR count). The van der Waals surface area contributed by atoms with Gasteiger partial charge in [-0.3, -0.25) is 0 Å². The quantitative estimate of drug-likeness (QED) is 0.755. The van der Waals surface area contributed by atoms with Crippen LogP contribution in [0.15, 0.2) is 23.6 Å². The predicted octanol–water partition coefficient (Wildman–Crippen LogP) is 4.04. The Balaban J connectivity index is 2.15. The van der Waals surface area contributed by atoms with Crippen molar-refractivity contribution in [2.24, 2.45) is 0 Å². The fourth-order valence-corrected chi connectivity index (χ4v) is 2.71. The molecule has 0 aliphatic carbocycles. The van der Waals surface area contributed by atoms with Crippen LogP contribution in [-0.4, -0.2) is 19.2 Å². The molecule has 6 heteroatoms. The average Bonchev–Trinajstić information content (AvgIpc) is 2.95. The minimum atomic E-state index is -0.159. The molecule has 1 atom stereocenters. The smallest absolute Gasteiger partial charge is 0.147 e. The van der Waals surface area contributed by atoms with E-state index >= 15 is 0 Å². The van der Waals surface area contributed by atoms with Gasteiger partial charge in [0.1, 0.15) is 28.4 Å². The van der Waals surface area contributed by atoms with Crippen molar-refractivity contribution in [3.05, 3.63) is 34.3 Å². The van der Waals surface area contributed by atoms with Gasteiger partial charge < -0.3 is 14.2 Å². The Hall–Kier alpha value is -1.46. The van der Waals surface area contributed by atoms with E-state index in [-0.39, 0.29) is 6.10 Å². The van der Waals surface area contributed by atoms with Crippen LogP contribution in [0.1, 0.15) is 23.7 Å². The van der Waals surface area contributed by atoms with Crippen molar-refractivity contribution in [3.8, 4) is 17.2 Å². The SMILES string of the molecule is COc1cc(OC)cc(OC(C)c2nc(CCl)cs2)c1. The van der Waals surface area contributed by atoms with Crippen LogP contribution in [0.5, 0.6) is 17.2 Å². The Morgan fingerprint density at radius 3 is 2.25 bits per heavy atom. The lowest BCUT2D eigenvalue weighted by atomic mass is 10.3. The average molecular weight is 314 g/mol. The molecule has 1 aromatic carbocycles. The van der Waals surface area contributed by atoms with Gasteiger partial charge in [0.05, 0.1) is 25.8 Å². The third-order valence-corrected chi connectivity index (χ3v) is 4.02. The van der Waals surface area contributed by atoms with Gasteiger partial charge in [-0.05, 0) is 6.92 Å². The molecule has 0 amide bonds. The van der Waals surface area contributed by atoms with E-state index in [9.17, 15) is 0 Å². The number of methoxy groups -OCH3 is 2. The van der Waals surface area contributed by atoms with E-state index in [4.69, 9.17) is 25.8 Å². The standard InChI is InChI=1S/C14H16ClNO3S/c1-9(14-16-10(7-15)8-20-14)19-13-5-11(17-2)4-12(6-13)18-3/h4-6,8-9H,7H2,1-3H3. The molecule has 0 saturated heterocycles. The minimum Gasteiger partial charge on any atom is -0.496 e. The zero-order valence-electron chi connectivity index (χ0n) is 11.6. The molecule has 0 spiro atoms. The number of aromatic nitrogens is 1. The molecule has 0 aliphatic heterocycles. The molecular weight excluding hydrogens is 298 g/mol. The van der Waals surface area contributed by atoms with Crippen LogP contribution in [0.2, 0.25) is 0 Å². The highest BCUT2D eigenvalue weighted by molar-refractivity contribution is 7.09. The summed E-state index contributed by atoms with van der Waals surface area (Å²) in [4.78, 5) is 4.41. The molecule has 108 valence electrons. The van der Waals surface area contributed by atoms with Gasteiger partial charge in [0.15, 0.2) is 0 Å². The van der Waals surface area contributed by atoms with Gasteiger partial charge in [-0.25, -0.2) is 4.98 Å². The Morgan fingerprint density at radius 1 is 1.15 bits per heavy atom. The molecule has 0 aliphatic rings. The molecule has 0 N–H and O–H groups in total. The van der Waals surface area contributed by atoms with Crippen LogP contribution in [0, 0.1) is 0 Å². The monoisotopic (exact) mass is 313 g/mol. The van der Waals surface area contributed by atoms with E-state index in [1.165, 1.54) is 11.3 Å². The topological polar surface area (TPSA) is 40.6 Å². The first-order valence-corrected chi connectivity index (χ1v) is 7.47. The second-order valence-electron chi connectivity index (χ2n) is 4.12. The number of thiazole rings is 1. The van der Waals surface area contributed by atoms with Gasteiger partial charge in [-0.2, -0.15) is 0 Å². The Morgan fingerprint density at radius 2 is 1.75 bits per heavy atom. The number of alkyl halides is 1. The van der Waals surface area contributed by atoms with Gasteiger partial charge in [-0.15, -0.1) is 22.9 Å². The zero-order chi connectivity index (χ0) is 14.5. The van der Waals surface area contributed by atoms with Gasteiger partial charge >= 0.3 is 0 Å². The van der Waals surface area contributed by atoms with E-state index in [1.807, 2.05) is 24.4 Å². The van der Waals surface area contributed by atoms with Crippen LogP contribution < -0.4 is 14.2 Å². The van der Waals surface area contributed by atoms with Crippen LogP contribution in [0.3, 0.4) is 0 Å². The summed E-state index contributed by atoms with van der Waals surface area (Å²) in [5, 5.41) is 2.83. The molecule has 0 bridgehead atoms. The third kappa shape index (κ3) is 3.55. The van der Waals surface area contributed by atoms with Crippen molar-refractivity contribution >= 4 is 22.9 Å². The predicted molar refractivity (Wildman–Crippen MR) is 80.3 cm³/mol. The van der Waals surface area contributed by atoms with Crippen LogP contribution in [0.25, 0.3) is 0 Å². The van der Waals surface area contributed by atoms with Gasteiger partial charge in [0, 0.05) is 23.6 Å². The summed E-state index contributed by atoms with van der Waals surface area (Å²) in [6.45, 7) is 1.95. The third-order valence-electron chi connectivity index (χ3n) is 2.69. The zero-order valence-corrected chi connectivity index (χ0v) is 13.1. The molecule has 2 aromatic rings. The molecule has 0 radical (unpaired) electrons. The van der Waals surface area contributed by atoms with Crippen molar-refractivity contribution < 1.29 is 14.2 Å². The summed E-state index contributed by atoms with van der Waals surface area (Å²) in [5.74, 6) is 2.46. The number of rotatable bonds is 6. The summed E-state index contributed by atoms with van der Waals surface area (Å²) in [6, 6.07) is 5.43. The molecule has 1 heterocycles. The molecule has 0 saturated carbocycles. The first-order chi connectivity index (χ1) is 9.66. The number of hydrogen-bond acceptors (Lipinski definition) is 5. The van der Waals surface area contributed by atoms with Crippen molar-refractivity contribution in [1.29, 1.82) is 0 Å². The van der Waals surface area contributed by atoms with Crippen molar-refractivity contribution in [3.63, 3.8) is 0 Å². The fraction of sp³-hybridized carbons (Fsp3) is 0.357. The summed E-state index contributed by atoms with van der Waals surface area (Å²) >= 11 is 7.29. The fourth-order valence-electron chi connectivity index (χ4n) is 1.67. The van der Waals surface area contributed by atoms with Crippen molar-refractivity contribution in [1.82, 2.24) is 4.98 Å². The van der Waals surface area contributed by atoms with Crippen LogP contribution in [0.4, 0.5) is 0 Å². The largest absolute Gasteiger partial charge is 0.496 e. The Bertz CT molecular complexity index is 551. The number of benzene rings is 1. The maximum Gasteiger partial charge on any atom is 0.147 e. The van der Waals surface area contributed by atoms with Crippen molar-refractivity contribution in [2.45, 2.75) is 18.9 Å². The van der Waals surface area contributed by atoms with Crippen LogP contribution in [-0.2, 0) is 5.88 Å². The summed E-state index contributed by atoms with van der Waals surface area (Å²) in [7, 11) is 3.21. The first-order valence-electron chi connectivity index (χ1n) is 6.06. The summed E-state index contributed by atoms with van der Waals surface area (Å²) < 4.78 is 16.3. The number of hydrogen-bond donors (Lipinski definition) is 0. The molecule has 0 fully saturated rings. The molecule has 4 nitrogen and oxygen atoms in total. The highest BCUT2D eigenvalue weighted by atomic mass is 35.5. The Labute approximate surface area is 127 Å². The maximum absolute atomic E-state index is 5.89. The second kappa shape index (κ2) is 6.81. The highest BCUT2D eigenvalue weighted by Crippen LogP contribution is 2.31.